The van der Waals surface area contributed by atoms with Crippen molar-refractivity contribution in [2.24, 2.45) is 0 Å². The maximum Gasteiger partial charge on any atom is 0.264 e. The number of nitrogens with one attached hydrogen (secondary N) is 1. The van der Waals surface area contributed by atoms with E-state index < -0.39 is 16.1 Å². The molecule has 0 saturated heterocycles. The topological polar surface area (TPSA) is 66.5 Å². The first-order valence-electron chi connectivity index (χ1n) is 9.33. The molecule has 29 heavy (non-hydrogen) atoms. The molecule has 0 bridgehead atoms. The molecule has 6 heteroatoms. The number of carbonyl (C=O) groups is 1. The lowest BCUT2D eigenvalue weighted by atomic mass is 10.0. The molecule has 0 aliphatic carbocycles. The first-order chi connectivity index (χ1) is 13.8. The average Bonchev–Trinajstić information content (AvgIpc) is 2.69. The Hall–Kier alpha value is -3.12. The second-order valence-corrected chi connectivity index (χ2v) is 8.69. The molecule has 3 rings (SSSR count). The van der Waals surface area contributed by atoms with Crippen LogP contribution in [0.4, 0.5) is 11.4 Å². The van der Waals surface area contributed by atoms with Gasteiger partial charge in [-0.25, -0.2) is 8.42 Å². The Morgan fingerprint density at radius 1 is 0.897 bits per heavy atom. The van der Waals surface area contributed by atoms with Crippen LogP contribution in [0.15, 0.2) is 83.8 Å². The quantitative estimate of drug-likeness (QED) is 0.630. The maximum absolute atomic E-state index is 13.6. The molecule has 1 unspecified atom stereocenters. The summed E-state index contributed by atoms with van der Waals surface area (Å²) in [6.07, 6.45) is 0. The predicted molar refractivity (Wildman–Crippen MR) is 116 cm³/mol. The Kier molecular flexibility index (Phi) is 6.03. The molecule has 1 amide bonds. The third kappa shape index (κ3) is 4.49. The summed E-state index contributed by atoms with van der Waals surface area (Å²) in [6, 6.07) is 22.7. The summed E-state index contributed by atoms with van der Waals surface area (Å²) in [4.78, 5) is 11.4. The monoisotopic (exact) mass is 408 g/mol. The summed E-state index contributed by atoms with van der Waals surface area (Å²) in [5, 5.41) is 2.65. The molecule has 150 valence electrons. The van der Waals surface area contributed by atoms with E-state index in [-0.39, 0.29) is 10.8 Å². The number of rotatable bonds is 6. The van der Waals surface area contributed by atoms with Gasteiger partial charge in [0.1, 0.15) is 0 Å². The van der Waals surface area contributed by atoms with Gasteiger partial charge in [0.25, 0.3) is 10.0 Å². The van der Waals surface area contributed by atoms with Crippen molar-refractivity contribution in [2.45, 2.75) is 31.7 Å². The average molecular weight is 409 g/mol. The van der Waals surface area contributed by atoms with Crippen LogP contribution in [0.25, 0.3) is 0 Å². The zero-order valence-electron chi connectivity index (χ0n) is 16.7. The van der Waals surface area contributed by atoms with Crippen molar-refractivity contribution in [3.8, 4) is 0 Å². The van der Waals surface area contributed by atoms with Crippen LogP contribution in [-0.4, -0.2) is 14.3 Å². The van der Waals surface area contributed by atoms with Crippen LogP contribution in [0.5, 0.6) is 0 Å². The first kappa shape index (κ1) is 20.6. The second kappa shape index (κ2) is 8.49. The van der Waals surface area contributed by atoms with Gasteiger partial charge < -0.3 is 5.32 Å². The van der Waals surface area contributed by atoms with Gasteiger partial charge in [-0.1, -0.05) is 42.5 Å². The largest absolute Gasteiger partial charge is 0.326 e. The van der Waals surface area contributed by atoms with Crippen LogP contribution in [0.2, 0.25) is 0 Å². The van der Waals surface area contributed by atoms with Crippen molar-refractivity contribution >= 4 is 27.3 Å². The Bertz CT molecular complexity index is 1090. The van der Waals surface area contributed by atoms with E-state index in [2.05, 4.69) is 5.32 Å². The summed E-state index contributed by atoms with van der Waals surface area (Å²) in [6.45, 7) is 5.27. The zero-order valence-corrected chi connectivity index (χ0v) is 17.5. The van der Waals surface area contributed by atoms with Gasteiger partial charge in [0.15, 0.2) is 0 Å². The fraction of sp³-hybridized carbons (Fsp3) is 0.174. The third-order valence-electron chi connectivity index (χ3n) is 4.73. The molecule has 0 aromatic heterocycles. The van der Waals surface area contributed by atoms with Gasteiger partial charge in [0, 0.05) is 12.6 Å². The van der Waals surface area contributed by atoms with Crippen molar-refractivity contribution in [3.05, 3.63) is 90.0 Å². The highest BCUT2D eigenvalue weighted by atomic mass is 32.2. The fourth-order valence-electron chi connectivity index (χ4n) is 3.35. The van der Waals surface area contributed by atoms with Crippen molar-refractivity contribution in [1.29, 1.82) is 0 Å². The van der Waals surface area contributed by atoms with Gasteiger partial charge in [-0.3, -0.25) is 9.10 Å². The lowest BCUT2D eigenvalue weighted by molar-refractivity contribution is -0.114. The van der Waals surface area contributed by atoms with Gasteiger partial charge in [-0.05, 0) is 61.4 Å². The van der Waals surface area contributed by atoms with E-state index in [1.165, 1.54) is 23.4 Å². The molecule has 0 fully saturated rings. The Labute approximate surface area is 172 Å². The summed E-state index contributed by atoms with van der Waals surface area (Å²) in [5.41, 5.74) is 3.11. The number of para-hydroxylation sites is 1. The zero-order chi connectivity index (χ0) is 21.0. The van der Waals surface area contributed by atoms with Crippen LogP contribution in [0, 0.1) is 6.92 Å². The molecule has 1 atom stereocenters. The molecule has 1 N–H and O–H groups in total. The summed E-state index contributed by atoms with van der Waals surface area (Å²) >= 11 is 0. The van der Waals surface area contributed by atoms with Crippen molar-refractivity contribution in [1.82, 2.24) is 0 Å². The third-order valence-corrected chi connectivity index (χ3v) is 6.65. The maximum atomic E-state index is 13.6. The van der Waals surface area contributed by atoms with Crippen molar-refractivity contribution in [3.63, 3.8) is 0 Å². The lowest BCUT2D eigenvalue weighted by Crippen LogP contribution is -2.34. The fourth-order valence-corrected chi connectivity index (χ4v) is 4.99. The highest BCUT2D eigenvalue weighted by Gasteiger charge is 2.30. The molecule has 3 aromatic carbocycles. The predicted octanol–water partition coefficient (Wildman–Crippen LogP) is 4.91. The molecular formula is C23H24N2O3S. The lowest BCUT2D eigenvalue weighted by Gasteiger charge is -2.31. The van der Waals surface area contributed by atoms with E-state index in [0.29, 0.717) is 11.4 Å². The van der Waals surface area contributed by atoms with E-state index in [1.54, 1.807) is 24.3 Å². The molecule has 0 radical (unpaired) electrons. The second-order valence-electron chi connectivity index (χ2n) is 6.87. The molecule has 0 spiro atoms. The van der Waals surface area contributed by atoms with E-state index in [9.17, 15) is 13.2 Å². The van der Waals surface area contributed by atoms with Gasteiger partial charge in [0.2, 0.25) is 5.91 Å². The Balaban J connectivity index is 2.08. The number of sulfonamides is 1. The van der Waals surface area contributed by atoms with Gasteiger partial charge in [0.05, 0.1) is 16.6 Å². The summed E-state index contributed by atoms with van der Waals surface area (Å²) in [5.74, 6) is -0.209. The number of anilines is 2. The van der Waals surface area contributed by atoms with Crippen molar-refractivity contribution < 1.29 is 13.2 Å². The molecule has 0 aliphatic rings. The van der Waals surface area contributed by atoms with E-state index >= 15 is 0 Å². The molecule has 0 aliphatic heterocycles. The molecule has 0 saturated carbocycles. The molecule has 5 nitrogen and oxygen atoms in total. The number of aryl methyl sites for hydroxylation is 1. The first-order valence-corrected chi connectivity index (χ1v) is 10.8. The van der Waals surface area contributed by atoms with Crippen LogP contribution >= 0.6 is 0 Å². The normalized spacial score (nSPS) is 12.2. The van der Waals surface area contributed by atoms with Gasteiger partial charge in [-0.15, -0.1) is 0 Å². The minimum absolute atomic E-state index is 0.163. The van der Waals surface area contributed by atoms with E-state index in [4.69, 9.17) is 0 Å². The standard InChI is InChI=1S/C23H24N2O3S/c1-17-9-7-8-12-23(17)18(2)25(21-10-5-4-6-11-21)29(27,28)22-15-13-20(14-16-22)24-19(3)26/h4-16,18H,1-3H3,(H,24,26). The Morgan fingerprint density at radius 2 is 1.48 bits per heavy atom. The van der Waals surface area contributed by atoms with Crippen LogP contribution < -0.4 is 9.62 Å². The van der Waals surface area contributed by atoms with Crippen LogP contribution in [0.3, 0.4) is 0 Å². The molecular weight excluding hydrogens is 384 g/mol. The summed E-state index contributed by atoms with van der Waals surface area (Å²) in [7, 11) is -3.84. The number of amides is 1. The van der Waals surface area contributed by atoms with E-state index in [0.717, 1.165) is 11.1 Å². The van der Waals surface area contributed by atoms with Gasteiger partial charge >= 0.3 is 0 Å². The van der Waals surface area contributed by atoms with E-state index in [1.807, 2.05) is 56.3 Å². The SMILES string of the molecule is CC(=O)Nc1ccc(S(=O)(=O)N(c2ccccc2)C(C)c2ccccc2C)cc1. The van der Waals surface area contributed by atoms with Crippen LogP contribution in [0.1, 0.15) is 31.0 Å². The van der Waals surface area contributed by atoms with Gasteiger partial charge in [-0.2, -0.15) is 0 Å². The molecule has 0 heterocycles. The van der Waals surface area contributed by atoms with Crippen molar-refractivity contribution in [2.75, 3.05) is 9.62 Å². The number of benzene rings is 3. The van der Waals surface area contributed by atoms with Crippen LogP contribution in [-0.2, 0) is 14.8 Å². The number of nitrogens with zero attached hydrogens (tertiary/aromatic N) is 1. The molecule has 3 aromatic rings. The minimum Gasteiger partial charge on any atom is -0.326 e. The minimum atomic E-state index is -3.84. The highest BCUT2D eigenvalue weighted by molar-refractivity contribution is 7.92. The smallest absolute Gasteiger partial charge is 0.264 e. The number of hydrogen-bond donors (Lipinski definition) is 1. The number of carbonyl (C=O) groups excluding carboxylic acids is 1. The number of hydrogen-bond acceptors (Lipinski definition) is 3. The highest BCUT2D eigenvalue weighted by Crippen LogP contribution is 2.34. The Morgan fingerprint density at radius 3 is 2.07 bits per heavy atom. The summed E-state index contributed by atoms with van der Waals surface area (Å²) < 4.78 is 28.7.